The van der Waals surface area contributed by atoms with E-state index in [0.29, 0.717) is 12.2 Å². The summed E-state index contributed by atoms with van der Waals surface area (Å²) in [5.74, 6) is 0. The molecule has 0 aromatic rings. The molecule has 0 amide bonds. The third-order valence-electron chi connectivity index (χ3n) is 0.544. The van der Waals surface area contributed by atoms with Gasteiger partial charge in [0.2, 0.25) is 0 Å². The summed E-state index contributed by atoms with van der Waals surface area (Å²) in [7, 11) is 0. The van der Waals surface area contributed by atoms with E-state index in [4.69, 9.17) is 4.74 Å². The van der Waals surface area contributed by atoms with Crippen molar-refractivity contribution in [3.8, 4) is 0 Å². The molecule has 0 aromatic heterocycles. The van der Waals surface area contributed by atoms with Crippen molar-refractivity contribution in [2.24, 2.45) is 0 Å². The Kier molecular flexibility index (Phi) is 9.47. The molecule has 0 aliphatic rings. The molecular formula is C6H16CaO. The summed E-state index contributed by atoms with van der Waals surface area (Å²) in [5, 5.41) is 0. The van der Waals surface area contributed by atoms with E-state index >= 15 is 0 Å². The van der Waals surface area contributed by atoms with Gasteiger partial charge in [-0.15, -0.1) is 0 Å². The average molecular weight is 144 g/mol. The van der Waals surface area contributed by atoms with Crippen LogP contribution in [-0.4, -0.2) is 49.9 Å². The molecule has 2 heteroatoms. The smallest absolute Gasteiger partial charge is 1.00 e. The molecule has 0 spiro atoms. The average Bonchev–Trinajstić information content (AvgIpc) is 1.27. The molecule has 0 unspecified atom stereocenters. The van der Waals surface area contributed by atoms with Crippen LogP contribution in [0.15, 0.2) is 0 Å². The van der Waals surface area contributed by atoms with Crippen molar-refractivity contribution in [3.63, 3.8) is 0 Å². The second-order valence-corrected chi connectivity index (χ2v) is 2.23. The number of hydrogen-bond donors (Lipinski definition) is 0. The van der Waals surface area contributed by atoms with Crippen molar-refractivity contribution in [3.05, 3.63) is 0 Å². The predicted octanol–water partition coefficient (Wildman–Crippen LogP) is 1.66. The summed E-state index contributed by atoms with van der Waals surface area (Å²) >= 11 is 0. The van der Waals surface area contributed by atoms with Crippen LogP contribution >= 0.6 is 0 Å². The minimum atomic E-state index is 0. The summed E-state index contributed by atoms with van der Waals surface area (Å²) in [4.78, 5) is 0. The van der Waals surface area contributed by atoms with E-state index in [1.807, 2.05) is 27.7 Å². The zero-order valence-corrected chi connectivity index (χ0v) is 8.48. The van der Waals surface area contributed by atoms with Crippen LogP contribution in [0.5, 0.6) is 0 Å². The predicted molar refractivity (Wildman–Crippen MR) is 39.3 cm³/mol. The topological polar surface area (TPSA) is 9.23 Å². The van der Waals surface area contributed by atoms with Gasteiger partial charge in [0, 0.05) is 0 Å². The van der Waals surface area contributed by atoms with Gasteiger partial charge < -0.3 is 7.59 Å². The SMILES string of the molecule is CC(C)OC(C)C.[Ca+2].[H-].[H-]. The molecule has 8 heavy (non-hydrogen) atoms. The van der Waals surface area contributed by atoms with Crippen LogP contribution in [0.2, 0.25) is 0 Å². The van der Waals surface area contributed by atoms with Crippen LogP contribution < -0.4 is 0 Å². The van der Waals surface area contributed by atoms with Crippen molar-refractivity contribution in [2.45, 2.75) is 39.9 Å². The normalized spacial score (nSPS) is 9.75. The maximum Gasteiger partial charge on any atom is 2.00 e. The molecule has 48 valence electrons. The molecule has 0 fully saturated rings. The fourth-order valence-corrected chi connectivity index (χ4v) is 0.544. The summed E-state index contributed by atoms with van der Waals surface area (Å²) in [6.07, 6.45) is 0.750. The Labute approximate surface area is 84.8 Å². The van der Waals surface area contributed by atoms with Gasteiger partial charge in [0.25, 0.3) is 0 Å². The zero-order chi connectivity index (χ0) is 5.86. The van der Waals surface area contributed by atoms with E-state index in [0.717, 1.165) is 0 Å². The second-order valence-electron chi connectivity index (χ2n) is 2.23. The molecule has 0 heterocycles. The number of ether oxygens (including phenoxy) is 1. The Morgan fingerprint density at radius 1 is 1.00 bits per heavy atom. The van der Waals surface area contributed by atoms with Crippen LogP contribution in [0.25, 0.3) is 0 Å². The first-order chi connectivity index (χ1) is 3.13. The van der Waals surface area contributed by atoms with Gasteiger partial charge in [-0.25, -0.2) is 0 Å². The van der Waals surface area contributed by atoms with Crippen molar-refractivity contribution in [1.82, 2.24) is 0 Å². The molecular weight excluding hydrogens is 128 g/mol. The van der Waals surface area contributed by atoms with Gasteiger partial charge in [-0.3, -0.25) is 0 Å². The van der Waals surface area contributed by atoms with Crippen molar-refractivity contribution < 1.29 is 7.59 Å². The van der Waals surface area contributed by atoms with Gasteiger partial charge in [-0.1, -0.05) is 0 Å². The Morgan fingerprint density at radius 3 is 1.25 bits per heavy atom. The summed E-state index contributed by atoms with van der Waals surface area (Å²) < 4.78 is 5.25. The monoisotopic (exact) mass is 144 g/mol. The third kappa shape index (κ3) is 10.3. The first-order valence-electron chi connectivity index (χ1n) is 2.78. The van der Waals surface area contributed by atoms with Gasteiger partial charge in [-0.2, -0.15) is 0 Å². The largest absolute Gasteiger partial charge is 2.00 e. The number of hydrogen-bond acceptors (Lipinski definition) is 1. The minimum absolute atomic E-state index is 0. The Morgan fingerprint density at radius 2 is 1.25 bits per heavy atom. The van der Waals surface area contributed by atoms with Crippen LogP contribution in [0, 0.1) is 0 Å². The van der Waals surface area contributed by atoms with Crippen LogP contribution in [0.3, 0.4) is 0 Å². The van der Waals surface area contributed by atoms with Gasteiger partial charge in [-0.05, 0) is 27.7 Å². The maximum atomic E-state index is 5.25. The van der Waals surface area contributed by atoms with E-state index < -0.39 is 0 Å². The van der Waals surface area contributed by atoms with Crippen LogP contribution in [-0.2, 0) is 4.74 Å². The van der Waals surface area contributed by atoms with Gasteiger partial charge in [0.05, 0.1) is 12.2 Å². The Hall–Kier alpha value is 1.22. The van der Waals surface area contributed by atoms with Gasteiger partial charge in [0.15, 0.2) is 0 Å². The van der Waals surface area contributed by atoms with E-state index in [9.17, 15) is 0 Å². The molecule has 0 rings (SSSR count). The molecule has 0 atom stereocenters. The molecule has 0 radical (unpaired) electrons. The molecule has 1 nitrogen and oxygen atoms in total. The quantitative estimate of drug-likeness (QED) is 0.536. The van der Waals surface area contributed by atoms with Crippen molar-refractivity contribution in [2.75, 3.05) is 0 Å². The standard InChI is InChI=1S/C6H14O.Ca.2H/c1-5(2)7-6(3)4;;;/h5-6H,1-4H3;;;/q;+2;2*-1. The third-order valence-corrected chi connectivity index (χ3v) is 0.544. The maximum absolute atomic E-state index is 5.25. The first kappa shape index (κ1) is 12.0. The van der Waals surface area contributed by atoms with E-state index in [1.54, 1.807) is 0 Å². The van der Waals surface area contributed by atoms with Crippen LogP contribution in [0.1, 0.15) is 30.5 Å². The van der Waals surface area contributed by atoms with E-state index in [-0.39, 0.29) is 40.6 Å². The van der Waals surface area contributed by atoms with Gasteiger partial charge in [0.1, 0.15) is 0 Å². The molecule has 0 aromatic carbocycles. The fraction of sp³-hybridized carbons (Fsp3) is 1.00. The zero-order valence-electron chi connectivity index (χ0n) is 8.27. The second kappa shape index (κ2) is 6.34. The van der Waals surface area contributed by atoms with E-state index in [1.165, 1.54) is 0 Å². The van der Waals surface area contributed by atoms with Crippen molar-refractivity contribution in [1.29, 1.82) is 0 Å². The molecule has 0 N–H and O–H groups in total. The Bertz CT molecular complexity index is 45.0. The minimum Gasteiger partial charge on any atom is -1.00 e. The fourth-order valence-electron chi connectivity index (χ4n) is 0.544. The molecule has 0 bridgehead atoms. The molecule has 0 saturated heterocycles. The van der Waals surface area contributed by atoms with Crippen LogP contribution in [0.4, 0.5) is 0 Å². The summed E-state index contributed by atoms with van der Waals surface area (Å²) in [5.41, 5.74) is 0. The molecule has 0 aliphatic carbocycles. The van der Waals surface area contributed by atoms with E-state index in [2.05, 4.69) is 0 Å². The Balaban J connectivity index is -0.0000000600. The summed E-state index contributed by atoms with van der Waals surface area (Å²) in [6, 6.07) is 0. The summed E-state index contributed by atoms with van der Waals surface area (Å²) in [6.45, 7) is 8.17. The first-order valence-corrected chi connectivity index (χ1v) is 2.78. The van der Waals surface area contributed by atoms with Gasteiger partial charge >= 0.3 is 37.7 Å². The molecule has 0 saturated carbocycles. The number of rotatable bonds is 2. The molecule has 0 aliphatic heterocycles. The van der Waals surface area contributed by atoms with Crippen molar-refractivity contribution >= 4 is 37.7 Å².